The van der Waals surface area contributed by atoms with Crippen LogP contribution in [0.2, 0.25) is 10.0 Å². The molecule has 4 nitrogen and oxygen atoms in total. The summed E-state index contributed by atoms with van der Waals surface area (Å²) in [6.45, 7) is 2.48. The molecule has 0 radical (unpaired) electrons. The molecule has 0 aromatic heterocycles. The molecular formula is C29H32Cl2N2O2. The quantitative estimate of drug-likeness (QED) is 0.379. The smallest absolute Gasteiger partial charge is 0.254 e. The van der Waals surface area contributed by atoms with Gasteiger partial charge in [0.25, 0.3) is 5.91 Å². The van der Waals surface area contributed by atoms with Crippen LogP contribution in [0.15, 0.2) is 78.9 Å². The highest BCUT2D eigenvalue weighted by atomic mass is 35.5. The SMILES string of the molecule is CN(C(=O)c1ccccc1)C(CCCN1CC[C@@H](c2ccccc2)[C@H](O)C1)c1ccc(Cl)c(Cl)c1. The minimum atomic E-state index is -0.376. The molecule has 1 aliphatic rings. The molecule has 35 heavy (non-hydrogen) atoms. The highest BCUT2D eigenvalue weighted by Gasteiger charge is 2.29. The molecule has 3 aromatic carbocycles. The number of benzene rings is 3. The zero-order valence-electron chi connectivity index (χ0n) is 20.0. The number of carbonyl (C=O) groups excluding carboxylic acids is 1. The Morgan fingerprint density at radius 3 is 2.37 bits per heavy atom. The fourth-order valence-corrected chi connectivity index (χ4v) is 5.33. The van der Waals surface area contributed by atoms with Crippen LogP contribution in [-0.4, -0.2) is 53.6 Å². The van der Waals surface area contributed by atoms with Gasteiger partial charge in [0.2, 0.25) is 0 Å². The summed E-state index contributed by atoms with van der Waals surface area (Å²) < 4.78 is 0. The molecular weight excluding hydrogens is 479 g/mol. The number of hydrogen-bond acceptors (Lipinski definition) is 3. The molecule has 1 aliphatic heterocycles. The van der Waals surface area contributed by atoms with E-state index in [2.05, 4.69) is 17.0 Å². The Hall–Kier alpha value is -2.37. The summed E-state index contributed by atoms with van der Waals surface area (Å²) in [6.07, 6.45) is 2.23. The Morgan fingerprint density at radius 1 is 1.03 bits per heavy atom. The maximum absolute atomic E-state index is 13.2. The van der Waals surface area contributed by atoms with Crippen LogP contribution in [0.25, 0.3) is 0 Å². The van der Waals surface area contributed by atoms with E-state index in [1.807, 2.05) is 67.7 Å². The van der Waals surface area contributed by atoms with Crippen molar-refractivity contribution in [2.45, 2.75) is 37.3 Å². The van der Waals surface area contributed by atoms with E-state index in [1.54, 1.807) is 11.0 Å². The van der Waals surface area contributed by atoms with Crippen LogP contribution in [0.5, 0.6) is 0 Å². The standard InChI is InChI=1S/C29H32Cl2N2O2/c1-32(29(35)22-11-6-3-7-12-22)27(23-14-15-25(30)26(31)19-23)13-8-17-33-18-16-24(28(34)20-33)21-9-4-2-5-10-21/h2-7,9-12,14-15,19,24,27-28,34H,8,13,16-18,20H2,1H3/t24-,27?,28+/m0/s1. The van der Waals surface area contributed by atoms with Crippen LogP contribution in [0.3, 0.4) is 0 Å². The lowest BCUT2D eigenvalue weighted by Gasteiger charge is -2.37. The topological polar surface area (TPSA) is 43.8 Å². The fraction of sp³-hybridized carbons (Fsp3) is 0.345. The second-order valence-corrected chi connectivity index (χ2v) is 10.1. The molecule has 1 fully saturated rings. The summed E-state index contributed by atoms with van der Waals surface area (Å²) in [7, 11) is 1.84. The zero-order chi connectivity index (χ0) is 24.8. The lowest BCUT2D eigenvalue weighted by molar-refractivity contribution is 0.0490. The van der Waals surface area contributed by atoms with Crippen LogP contribution in [0.1, 0.15) is 52.7 Å². The minimum absolute atomic E-state index is 0.0271. The number of halogens is 2. The molecule has 1 saturated heterocycles. The third kappa shape index (κ3) is 6.45. The Bertz CT molecular complexity index is 1110. The Morgan fingerprint density at radius 2 is 1.71 bits per heavy atom. The van der Waals surface area contributed by atoms with E-state index in [4.69, 9.17) is 23.2 Å². The highest BCUT2D eigenvalue weighted by molar-refractivity contribution is 6.42. The Kier molecular flexibility index (Phi) is 8.85. The van der Waals surface area contributed by atoms with Crippen molar-refractivity contribution in [1.82, 2.24) is 9.80 Å². The first-order valence-electron chi connectivity index (χ1n) is 12.2. The molecule has 1 unspecified atom stereocenters. The van der Waals surface area contributed by atoms with Gasteiger partial charge in [-0.3, -0.25) is 4.79 Å². The number of likely N-dealkylation sites (tertiary alicyclic amines) is 1. The molecule has 0 saturated carbocycles. The molecule has 6 heteroatoms. The number of aliphatic hydroxyl groups is 1. The molecule has 4 rings (SSSR count). The van der Waals surface area contributed by atoms with Crippen molar-refractivity contribution >= 4 is 29.1 Å². The van der Waals surface area contributed by atoms with Gasteiger partial charge in [-0.05, 0) is 67.7 Å². The number of aliphatic hydroxyl groups excluding tert-OH is 1. The maximum atomic E-state index is 13.2. The van der Waals surface area contributed by atoms with Gasteiger partial charge in [0, 0.05) is 25.1 Å². The van der Waals surface area contributed by atoms with Crippen molar-refractivity contribution in [2.75, 3.05) is 26.7 Å². The number of carbonyl (C=O) groups is 1. The molecule has 184 valence electrons. The molecule has 1 heterocycles. The summed E-state index contributed by atoms with van der Waals surface area (Å²) in [6, 6.07) is 25.1. The van der Waals surface area contributed by atoms with Gasteiger partial charge in [0.05, 0.1) is 22.2 Å². The van der Waals surface area contributed by atoms with Crippen LogP contribution in [-0.2, 0) is 0 Å². The van der Waals surface area contributed by atoms with Gasteiger partial charge in [-0.2, -0.15) is 0 Å². The highest BCUT2D eigenvalue weighted by Crippen LogP contribution is 2.32. The van der Waals surface area contributed by atoms with Crippen molar-refractivity contribution in [3.8, 4) is 0 Å². The van der Waals surface area contributed by atoms with Crippen LogP contribution >= 0.6 is 23.2 Å². The Labute approximate surface area is 218 Å². The van der Waals surface area contributed by atoms with Gasteiger partial charge in [-0.1, -0.05) is 77.8 Å². The van der Waals surface area contributed by atoms with Crippen LogP contribution in [0.4, 0.5) is 0 Å². The third-order valence-corrected chi connectivity index (χ3v) is 7.72. The predicted octanol–water partition coefficient (Wildman–Crippen LogP) is 6.44. The second-order valence-electron chi connectivity index (χ2n) is 9.29. The van der Waals surface area contributed by atoms with Crippen molar-refractivity contribution in [2.24, 2.45) is 0 Å². The summed E-state index contributed by atoms with van der Waals surface area (Å²) in [4.78, 5) is 17.3. The number of hydrogen-bond donors (Lipinski definition) is 1. The maximum Gasteiger partial charge on any atom is 0.254 e. The number of rotatable bonds is 8. The van der Waals surface area contributed by atoms with Crippen molar-refractivity contribution < 1.29 is 9.90 Å². The molecule has 1 N–H and O–H groups in total. The summed E-state index contributed by atoms with van der Waals surface area (Å²) in [5, 5.41) is 11.8. The lowest BCUT2D eigenvalue weighted by atomic mass is 9.87. The van der Waals surface area contributed by atoms with Gasteiger partial charge in [0.15, 0.2) is 0 Å². The molecule has 0 spiro atoms. The average molecular weight is 511 g/mol. The van der Waals surface area contributed by atoms with Crippen LogP contribution < -0.4 is 0 Å². The monoisotopic (exact) mass is 510 g/mol. The molecule has 1 amide bonds. The first-order valence-corrected chi connectivity index (χ1v) is 12.9. The Balaban J connectivity index is 1.41. The van der Waals surface area contributed by atoms with Gasteiger partial charge in [0.1, 0.15) is 0 Å². The van der Waals surface area contributed by atoms with Crippen molar-refractivity contribution in [3.63, 3.8) is 0 Å². The van der Waals surface area contributed by atoms with Gasteiger partial charge in [-0.15, -0.1) is 0 Å². The van der Waals surface area contributed by atoms with Crippen molar-refractivity contribution in [1.29, 1.82) is 0 Å². The van der Waals surface area contributed by atoms with Gasteiger partial charge in [-0.25, -0.2) is 0 Å². The van der Waals surface area contributed by atoms with Gasteiger partial charge >= 0.3 is 0 Å². The van der Waals surface area contributed by atoms with E-state index in [-0.39, 0.29) is 24.0 Å². The molecule has 0 bridgehead atoms. The molecule has 0 aliphatic carbocycles. The van der Waals surface area contributed by atoms with E-state index < -0.39 is 0 Å². The van der Waals surface area contributed by atoms with E-state index >= 15 is 0 Å². The number of β-amino-alcohol motifs (C(OH)–C–C–N with tert-alkyl or cyclic N) is 1. The summed E-state index contributed by atoms with van der Waals surface area (Å²) >= 11 is 12.5. The average Bonchev–Trinajstić information content (AvgIpc) is 2.88. The largest absolute Gasteiger partial charge is 0.391 e. The third-order valence-electron chi connectivity index (χ3n) is 6.98. The number of amides is 1. The van der Waals surface area contributed by atoms with E-state index in [0.717, 1.165) is 37.9 Å². The first kappa shape index (κ1) is 25.7. The fourth-order valence-electron chi connectivity index (χ4n) is 5.03. The number of piperidine rings is 1. The summed E-state index contributed by atoms with van der Waals surface area (Å²) in [5.74, 6) is 0.159. The first-order chi connectivity index (χ1) is 16.9. The minimum Gasteiger partial charge on any atom is -0.391 e. The normalized spacial score (nSPS) is 19.3. The predicted molar refractivity (Wildman–Crippen MR) is 143 cm³/mol. The van der Waals surface area contributed by atoms with Crippen molar-refractivity contribution in [3.05, 3.63) is 106 Å². The van der Waals surface area contributed by atoms with E-state index in [9.17, 15) is 9.90 Å². The zero-order valence-corrected chi connectivity index (χ0v) is 21.5. The summed E-state index contributed by atoms with van der Waals surface area (Å²) in [5.41, 5.74) is 2.83. The second kappa shape index (κ2) is 12.0. The molecule has 3 aromatic rings. The number of nitrogens with zero attached hydrogens (tertiary/aromatic N) is 2. The van der Waals surface area contributed by atoms with Gasteiger partial charge < -0.3 is 14.9 Å². The lowest BCUT2D eigenvalue weighted by Crippen LogP contribution is -2.43. The van der Waals surface area contributed by atoms with Crippen LogP contribution in [0, 0.1) is 0 Å². The molecule has 3 atom stereocenters. The van der Waals surface area contributed by atoms with E-state index in [1.165, 1.54) is 5.56 Å². The van der Waals surface area contributed by atoms with E-state index in [0.29, 0.717) is 22.2 Å².